The van der Waals surface area contributed by atoms with Gasteiger partial charge in [0.1, 0.15) is 17.0 Å². The first-order valence-corrected chi connectivity index (χ1v) is 11.5. The number of imidazole rings is 1. The Hall–Kier alpha value is -4.10. The summed E-state index contributed by atoms with van der Waals surface area (Å²) in [5.74, 6) is 0.232. The van der Waals surface area contributed by atoms with Crippen LogP contribution in [0.4, 0.5) is 5.69 Å². The standard InChI is InChI=1S/C25H25N7O3/c1-14-8-20(25(34)31(3)30-14)29-23(33)11-22-28-21-13-27-19-5-4-16(12-26)10-18(19)24(21)32(22)17-6-7-35-15(2)9-17/h4-5,8,10,13,15,17H,6-7,9,11H2,1-3H3,(H,29,33)/t15-,17-/m1/s1. The third-order valence-corrected chi connectivity index (χ3v) is 6.32. The number of nitrogens with zero attached hydrogens (tertiary/aromatic N) is 6. The van der Waals surface area contributed by atoms with Crippen LogP contribution in [0.15, 0.2) is 35.3 Å². The topological polar surface area (TPSA) is 128 Å². The van der Waals surface area contributed by atoms with Crippen LogP contribution >= 0.6 is 0 Å². The number of carbonyl (C=O) groups is 1. The lowest BCUT2D eigenvalue weighted by Gasteiger charge is -2.30. The average Bonchev–Trinajstić information content (AvgIpc) is 3.20. The summed E-state index contributed by atoms with van der Waals surface area (Å²) >= 11 is 0. The summed E-state index contributed by atoms with van der Waals surface area (Å²) in [5.41, 5.74) is 3.22. The number of aromatic nitrogens is 5. The number of rotatable bonds is 4. The Labute approximate surface area is 201 Å². The SMILES string of the molecule is Cc1cc(NC(=O)Cc2nc3cnc4ccc(C#N)cc4c3n2[C@@H]2CCO[C@H](C)C2)c(=O)n(C)n1. The molecular formula is C25H25N7O3. The molecule has 0 radical (unpaired) electrons. The molecule has 35 heavy (non-hydrogen) atoms. The first kappa shape index (κ1) is 22.7. The minimum absolute atomic E-state index is 0.0234. The van der Waals surface area contributed by atoms with Crippen LogP contribution in [0.2, 0.25) is 0 Å². The number of ether oxygens (including phenoxy) is 1. The molecule has 1 fully saturated rings. The summed E-state index contributed by atoms with van der Waals surface area (Å²) in [6.07, 6.45) is 3.29. The maximum absolute atomic E-state index is 13.1. The molecule has 1 N–H and O–H groups in total. The van der Waals surface area contributed by atoms with Crippen LogP contribution in [-0.4, -0.2) is 42.9 Å². The van der Waals surface area contributed by atoms with Gasteiger partial charge in [-0.3, -0.25) is 14.6 Å². The van der Waals surface area contributed by atoms with E-state index in [0.29, 0.717) is 29.2 Å². The van der Waals surface area contributed by atoms with Gasteiger partial charge in [-0.25, -0.2) is 9.67 Å². The van der Waals surface area contributed by atoms with Gasteiger partial charge in [0.05, 0.1) is 47.1 Å². The molecule has 0 saturated carbocycles. The van der Waals surface area contributed by atoms with Gasteiger partial charge >= 0.3 is 0 Å². The second-order valence-corrected chi connectivity index (χ2v) is 8.95. The zero-order chi connectivity index (χ0) is 24.7. The molecule has 4 aromatic rings. The van der Waals surface area contributed by atoms with Crippen molar-refractivity contribution in [3.05, 3.63) is 57.9 Å². The van der Waals surface area contributed by atoms with Gasteiger partial charge in [-0.05, 0) is 51.0 Å². The fourth-order valence-electron chi connectivity index (χ4n) is 4.80. The van der Waals surface area contributed by atoms with Crippen molar-refractivity contribution in [1.82, 2.24) is 24.3 Å². The van der Waals surface area contributed by atoms with Crippen LogP contribution in [0.1, 0.15) is 42.9 Å². The number of hydrogen-bond acceptors (Lipinski definition) is 7. The lowest BCUT2D eigenvalue weighted by Crippen LogP contribution is -2.29. The summed E-state index contributed by atoms with van der Waals surface area (Å²) in [4.78, 5) is 34.8. The monoisotopic (exact) mass is 471 g/mol. The van der Waals surface area contributed by atoms with Gasteiger partial charge in [-0.1, -0.05) is 0 Å². The normalized spacial score (nSPS) is 18.0. The molecule has 0 aliphatic carbocycles. The summed E-state index contributed by atoms with van der Waals surface area (Å²) in [6, 6.07) is 9.20. The number of hydrogen-bond donors (Lipinski definition) is 1. The Kier molecular flexibility index (Phi) is 5.78. The second kappa shape index (κ2) is 8.92. The van der Waals surface area contributed by atoms with Crippen molar-refractivity contribution in [3.8, 4) is 6.07 Å². The van der Waals surface area contributed by atoms with E-state index in [-0.39, 0.29) is 35.7 Å². The van der Waals surface area contributed by atoms with Crippen molar-refractivity contribution in [3.63, 3.8) is 0 Å². The first-order chi connectivity index (χ1) is 16.8. The molecule has 1 aliphatic rings. The highest BCUT2D eigenvalue weighted by atomic mass is 16.5. The van der Waals surface area contributed by atoms with E-state index >= 15 is 0 Å². The summed E-state index contributed by atoms with van der Waals surface area (Å²) < 4.78 is 9.08. The molecule has 10 nitrogen and oxygen atoms in total. The van der Waals surface area contributed by atoms with Crippen LogP contribution in [0.5, 0.6) is 0 Å². The van der Waals surface area contributed by atoms with Crippen molar-refractivity contribution in [2.24, 2.45) is 7.05 Å². The van der Waals surface area contributed by atoms with Gasteiger partial charge in [0, 0.05) is 25.1 Å². The van der Waals surface area contributed by atoms with E-state index in [2.05, 4.69) is 26.0 Å². The van der Waals surface area contributed by atoms with Gasteiger partial charge in [-0.15, -0.1) is 0 Å². The average molecular weight is 472 g/mol. The molecule has 0 bridgehead atoms. The highest BCUT2D eigenvalue weighted by Gasteiger charge is 2.27. The van der Waals surface area contributed by atoms with Crippen LogP contribution < -0.4 is 10.9 Å². The minimum atomic E-state index is -0.380. The number of pyridine rings is 1. The van der Waals surface area contributed by atoms with E-state index in [1.807, 2.05) is 19.1 Å². The largest absolute Gasteiger partial charge is 0.378 e. The fraction of sp³-hybridized carbons (Fsp3) is 0.360. The van der Waals surface area contributed by atoms with Crippen molar-refractivity contribution >= 4 is 33.5 Å². The molecule has 5 rings (SSSR count). The first-order valence-electron chi connectivity index (χ1n) is 11.5. The molecule has 4 heterocycles. The van der Waals surface area contributed by atoms with E-state index in [9.17, 15) is 14.9 Å². The van der Waals surface area contributed by atoms with Gasteiger partial charge in [0.15, 0.2) is 0 Å². The van der Waals surface area contributed by atoms with Gasteiger partial charge in [0.25, 0.3) is 5.56 Å². The number of nitriles is 1. The van der Waals surface area contributed by atoms with Crippen LogP contribution in [-0.2, 0) is 23.0 Å². The van der Waals surface area contributed by atoms with Gasteiger partial charge in [0.2, 0.25) is 5.91 Å². The molecule has 178 valence electrons. The minimum Gasteiger partial charge on any atom is -0.378 e. The number of aryl methyl sites for hydroxylation is 2. The maximum Gasteiger partial charge on any atom is 0.290 e. The Bertz CT molecular complexity index is 1560. The Morgan fingerprint density at radius 3 is 2.91 bits per heavy atom. The highest BCUT2D eigenvalue weighted by Crippen LogP contribution is 2.34. The van der Waals surface area contributed by atoms with E-state index < -0.39 is 0 Å². The van der Waals surface area contributed by atoms with E-state index in [0.717, 1.165) is 29.3 Å². The zero-order valence-electron chi connectivity index (χ0n) is 19.8. The second-order valence-electron chi connectivity index (χ2n) is 8.95. The number of carbonyl (C=O) groups excluding carboxylic acids is 1. The molecule has 10 heteroatoms. The molecule has 1 saturated heterocycles. The lowest BCUT2D eigenvalue weighted by molar-refractivity contribution is -0.115. The predicted octanol–water partition coefficient (Wildman–Crippen LogP) is 2.78. The van der Waals surface area contributed by atoms with Gasteiger partial charge in [-0.2, -0.15) is 10.4 Å². The van der Waals surface area contributed by atoms with E-state index in [1.165, 1.54) is 4.68 Å². The maximum atomic E-state index is 13.1. The van der Waals surface area contributed by atoms with E-state index in [1.54, 1.807) is 32.3 Å². The molecule has 0 spiro atoms. The van der Waals surface area contributed by atoms with Crippen molar-refractivity contribution in [1.29, 1.82) is 5.26 Å². The Morgan fingerprint density at radius 1 is 1.31 bits per heavy atom. The van der Waals surface area contributed by atoms with Crippen LogP contribution in [0.25, 0.3) is 21.9 Å². The fourth-order valence-corrected chi connectivity index (χ4v) is 4.80. The molecule has 1 amide bonds. The van der Waals surface area contributed by atoms with Crippen molar-refractivity contribution in [2.75, 3.05) is 11.9 Å². The number of anilines is 1. The summed E-state index contributed by atoms with van der Waals surface area (Å²) in [6.45, 7) is 4.40. The predicted molar refractivity (Wildman–Crippen MR) is 130 cm³/mol. The van der Waals surface area contributed by atoms with Crippen molar-refractivity contribution < 1.29 is 9.53 Å². The number of amides is 1. The number of fused-ring (bicyclic) bond motifs is 3. The van der Waals surface area contributed by atoms with E-state index in [4.69, 9.17) is 9.72 Å². The molecule has 0 unspecified atom stereocenters. The van der Waals surface area contributed by atoms with Crippen LogP contribution in [0, 0.1) is 18.3 Å². The molecule has 2 atom stereocenters. The molecule has 3 aromatic heterocycles. The number of nitrogens with one attached hydrogen (secondary N) is 1. The Morgan fingerprint density at radius 2 is 2.14 bits per heavy atom. The summed E-state index contributed by atoms with van der Waals surface area (Å²) in [7, 11) is 1.55. The molecule has 1 aliphatic heterocycles. The van der Waals surface area contributed by atoms with Crippen molar-refractivity contribution in [2.45, 2.75) is 45.3 Å². The summed E-state index contributed by atoms with van der Waals surface area (Å²) in [5, 5.41) is 17.1. The Balaban J connectivity index is 1.61. The smallest absolute Gasteiger partial charge is 0.290 e. The zero-order valence-corrected chi connectivity index (χ0v) is 19.8. The highest BCUT2D eigenvalue weighted by molar-refractivity contribution is 6.03. The molecule has 1 aromatic carbocycles. The molecular weight excluding hydrogens is 446 g/mol. The quantitative estimate of drug-likeness (QED) is 0.485. The third kappa shape index (κ3) is 4.26. The van der Waals surface area contributed by atoms with Crippen LogP contribution in [0.3, 0.4) is 0 Å². The van der Waals surface area contributed by atoms with Gasteiger partial charge < -0.3 is 14.6 Å². The third-order valence-electron chi connectivity index (χ3n) is 6.32. The lowest BCUT2D eigenvalue weighted by atomic mass is 10.0. The number of benzene rings is 1.